The predicted molar refractivity (Wildman–Crippen MR) is 127 cm³/mol. The number of aromatic nitrogens is 1. The average Bonchev–Trinajstić information content (AvgIpc) is 2.80. The molecule has 1 aromatic heterocycles. The van der Waals surface area contributed by atoms with Gasteiger partial charge in [0, 0.05) is 13.1 Å². The third-order valence-electron chi connectivity index (χ3n) is 5.15. The molecule has 2 amide bonds. The van der Waals surface area contributed by atoms with Gasteiger partial charge in [0.25, 0.3) is 0 Å². The lowest BCUT2D eigenvalue weighted by Crippen LogP contribution is -2.59. The van der Waals surface area contributed by atoms with Gasteiger partial charge in [-0.15, -0.1) is 0 Å². The summed E-state index contributed by atoms with van der Waals surface area (Å²) in [5.41, 5.74) is 0.0267. The zero-order valence-electron chi connectivity index (χ0n) is 19.7. The van der Waals surface area contributed by atoms with Crippen molar-refractivity contribution in [1.29, 1.82) is 5.26 Å². The topological polar surface area (TPSA) is 117 Å². The molecule has 11 heteroatoms. The summed E-state index contributed by atoms with van der Waals surface area (Å²) in [4.78, 5) is 30.6. The van der Waals surface area contributed by atoms with E-state index in [0.29, 0.717) is 13.0 Å². The summed E-state index contributed by atoms with van der Waals surface area (Å²) >= 11 is 5.96. The van der Waals surface area contributed by atoms with E-state index in [1.165, 1.54) is 4.90 Å². The molecule has 1 aliphatic rings. The molecule has 2 atom stereocenters. The number of carbonyl (C=O) groups is 2. The summed E-state index contributed by atoms with van der Waals surface area (Å²) in [7, 11) is 0. The van der Waals surface area contributed by atoms with Crippen molar-refractivity contribution >= 4 is 29.6 Å². The van der Waals surface area contributed by atoms with Crippen LogP contribution in [0.25, 0.3) is 0 Å². The number of anilines is 1. The molecular formula is C24H27ClFN5O4. The maximum Gasteiger partial charge on any atom is 0.410 e. The maximum atomic E-state index is 14.5. The lowest BCUT2D eigenvalue weighted by atomic mass is 9.99. The highest BCUT2D eigenvalue weighted by Crippen LogP contribution is 2.23. The number of likely N-dealkylation sites (tertiary alicyclic amines) is 1. The minimum Gasteiger partial charge on any atom is -0.445 e. The van der Waals surface area contributed by atoms with E-state index in [4.69, 9.17) is 26.3 Å². The number of hydrogen-bond donors (Lipinski definition) is 2. The van der Waals surface area contributed by atoms with Crippen LogP contribution in [0.2, 0.25) is 5.15 Å². The number of nitrogens with one attached hydrogen (secondary N) is 2. The van der Waals surface area contributed by atoms with E-state index in [0.717, 1.165) is 11.6 Å². The number of benzene rings is 1. The number of piperidine rings is 1. The van der Waals surface area contributed by atoms with Crippen LogP contribution in [-0.4, -0.2) is 52.8 Å². The summed E-state index contributed by atoms with van der Waals surface area (Å²) in [6.45, 7) is 5.69. The first kappa shape index (κ1) is 26.0. The quantitative estimate of drug-likeness (QED) is 0.578. The molecule has 0 radical (unpaired) electrons. The van der Waals surface area contributed by atoms with Gasteiger partial charge in [-0.25, -0.2) is 19.0 Å². The number of hydrogen-bond acceptors (Lipinski definition) is 7. The molecule has 0 spiro atoms. The molecule has 3 rings (SSSR count). The number of halogens is 2. The largest absolute Gasteiger partial charge is 0.445 e. The predicted octanol–water partition coefficient (Wildman–Crippen LogP) is 4.46. The number of pyridine rings is 1. The Kier molecular flexibility index (Phi) is 8.35. The molecule has 0 saturated carbocycles. The van der Waals surface area contributed by atoms with Gasteiger partial charge in [0.05, 0.1) is 17.6 Å². The molecule has 2 N–H and O–H groups in total. The van der Waals surface area contributed by atoms with Crippen LogP contribution in [0.15, 0.2) is 36.4 Å². The number of carbonyl (C=O) groups excluding carboxylic acids is 2. The van der Waals surface area contributed by atoms with Crippen molar-refractivity contribution in [3.05, 3.63) is 58.5 Å². The Morgan fingerprint density at radius 3 is 2.66 bits per heavy atom. The third-order valence-corrected chi connectivity index (χ3v) is 5.44. The highest BCUT2D eigenvalue weighted by molar-refractivity contribution is 6.30. The smallest absolute Gasteiger partial charge is 0.410 e. The summed E-state index contributed by atoms with van der Waals surface area (Å²) in [5.74, 6) is -0.915. The second-order valence-corrected chi connectivity index (χ2v) is 9.41. The van der Waals surface area contributed by atoms with Crippen LogP contribution in [0, 0.1) is 17.1 Å². The lowest BCUT2D eigenvalue weighted by Gasteiger charge is -2.39. The van der Waals surface area contributed by atoms with Gasteiger partial charge in [0.15, 0.2) is 11.6 Å². The Hall–Kier alpha value is -3.58. The summed E-state index contributed by atoms with van der Waals surface area (Å²) in [5, 5.41) is 14.6. The van der Waals surface area contributed by atoms with E-state index in [1.807, 2.05) is 30.3 Å². The molecule has 9 nitrogen and oxygen atoms in total. The Balaban J connectivity index is 1.73. The van der Waals surface area contributed by atoms with Crippen molar-refractivity contribution in [2.24, 2.45) is 0 Å². The average molecular weight is 504 g/mol. The Morgan fingerprint density at radius 1 is 1.29 bits per heavy atom. The van der Waals surface area contributed by atoms with Gasteiger partial charge in [-0.3, -0.25) is 0 Å². The highest BCUT2D eigenvalue weighted by atomic mass is 35.5. The van der Waals surface area contributed by atoms with Gasteiger partial charge >= 0.3 is 12.2 Å². The van der Waals surface area contributed by atoms with Gasteiger partial charge in [-0.2, -0.15) is 5.26 Å². The van der Waals surface area contributed by atoms with Crippen molar-refractivity contribution in [1.82, 2.24) is 15.2 Å². The first-order chi connectivity index (χ1) is 16.6. The molecule has 186 valence electrons. The maximum absolute atomic E-state index is 14.5. The van der Waals surface area contributed by atoms with Crippen LogP contribution < -0.4 is 10.6 Å². The first-order valence-electron chi connectivity index (χ1n) is 11.0. The number of nitriles is 1. The molecule has 0 aliphatic carbocycles. The van der Waals surface area contributed by atoms with E-state index in [9.17, 15) is 14.0 Å². The van der Waals surface area contributed by atoms with Crippen molar-refractivity contribution in [3.8, 4) is 6.07 Å². The first-order valence-corrected chi connectivity index (χ1v) is 11.4. The monoisotopic (exact) mass is 503 g/mol. The van der Waals surface area contributed by atoms with Gasteiger partial charge in [-0.05, 0) is 38.8 Å². The summed E-state index contributed by atoms with van der Waals surface area (Å²) < 4.78 is 25.3. The normalized spacial score (nSPS) is 17.8. The number of nitrogens with zero attached hydrogens (tertiary/aromatic N) is 3. The molecular weight excluding hydrogens is 477 g/mol. The SMILES string of the molecule is CC(C)(C)OC(=O)NC1CN(C(=O)OCc2ccccc2)CCC1Nc1nc(Cl)c(C#N)cc1F. The van der Waals surface area contributed by atoms with Crippen molar-refractivity contribution in [3.63, 3.8) is 0 Å². The van der Waals surface area contributed by atoms with E-state index in [-0.39, 0.29) is 29.7 Å². The van der Waals surface area contributed by atoms with Crippen molar-refractivity contribution in [2.45, 2.75) is 51.5 Å². The minimum atomic E-state index is -0.758. The fourth-order valence-corrected chi connectivity index (χ4v) is 3.71. The number of alkyl carbamates (subject to hydrolysis) is 1. The van der Waals surface area contributed by atoms with E-state index < -0.39 is 35.7 Å². The minimum absolute atomic E-state index is 0.0888. The summed E-state index contributed by atoms with van der Waals surface area (Å²) in [6, 6.07) is 10.9. The molecule has 0 bridgehead atoms. The van der Waals surface area contributed by atoms with Crippen LogP contribution in [0.4, 0.5) is 19.8 Å². The fourth-order valence-electron chi connectivity index (χ4n) is 3.53. The van der Waals surface area contributed by atoms with Crippen molar-refractivity contribution < 1.29 is 23.5 Å². The zero-order valence-corrected chi connectivity index (χ0v) is 20.4. The number of ether oxygens (including phenoxy) is 2. The molecule has 1 aromatic carbocycles. The molecule has 1 fully saturated rings. The number of rotatable bonds is 5. The molecule has 2 heterocycles. The van der Waals surface area contributed by atoms with Gasteiger partial charge in [0.1, 0.15) is 23.4 Å². The van der Waals surface area contributed by atoms with E-state index in [1.54, 1.807) is 26.8 Å². The van der Waals surface area contributed by atoms with Crippen LogP contribution in [-0.2, 0) is 16.1 Å². The third kappa shape index (κ3) is 7.45. The van der Waals surface area contributed by atoms with Crippen LogP contribution in [0.1, 0.15) is 38.3 Å². The molecule has 1 saturated heterocycles. The zero-order chi connectivity index (χ0) is 25.6. The second-order valence-electron chi connectivity index (χ2n) is 9.05. The van der Waals surface area contributed by atoms with E-state index >= 15 is 0 Å². The molecule has 2 unspecified atom stereocenters. The highest BCUT2D eigenvalue weighted by Gasteiger charge is 2.35. The molecule has 2 aromatic rings. The van der Waals surface area contributed by atoms with Gasteiger partial charge < -0.3 is 25.0 Å². The summed E-state index contributed by atoms with van der Waals surface area (Å²) in [6.07, 6.45) is -0.867. The standard InChI is InChI=1S/C24H27ClFN5O4/c1-24(2,3)35-22(32)29-19-13-31(23(33)34-14-15-7-5-4-6-8-15)10-9-18(19)28-21-17(26)11-16(12-27)20(25)30-21/h4-8,11,18-19H,9-10,13-14H2,1-3H3,(H,28,30)(H,29,32). The van der Waals surface area contributed by atoms with Crippen molar-refractivity contribution in [2.75, 3.05) is 18.4 Å². The second kappa shape index (κ2) is 11.2. The van der Waals surface area contributed by atoms with E-state index in [2.05, 4.69) is 15.6 Å². The fraction of sp³-hybridized carbons (Fsp3) is 0.417. The van der Waals surface area contributed by atoms with Crippen LogP contribution in [0.5, 0.6) is 0 Å². The van der Waals surface area contributed by atoms with Crippen LogP contribution in [0.3, 0.4) is 0 Å². The van der Waals surface area contributed by atoms with Gasteiger partial charge in [0.2, 0.25) is 0 Å². The molecule has 1 aliphatic heterocycles. The lowest BCUT2D eigenvalue weighted by molar-refractivity contribution is 0.0440. The Labute approximate surface area is 208 Å². The van der Waals surface area contributed by atoms with Gasteiger partial charge in [-0.1, -0.05) is 41.9 Å². The Morgan fingerprint density at radius 2 is 2.00 bits per heavy atom. The van der Waals surface area contributed by atoms with Crippen LogP contribution >= 0.6 is 11.6 Å². The Bertz CT molecular complexity index is 1100. The number of amides is 2. The molecule has 35 heavy (non-hydrogen) atoms.